The highest BCUT2D eigenvalue weighted by atomic mass is 16.6. The molecule has 144 valence electrons. The van der Waals surface area contributed by atoms with Crippen LogP contribution in [-0.2, 0) is 10.2 Å². The summed E-state index contributed by atoms with van der Waals surface area (Å²) in [6.07, 6.45) is 3.60. The average molecular weight is 377 g/mol. The smallest absolute Gasteiger partial charge is 0.234 e. The summed E-state index contributed by atoms with van der Waals surface area (Å²) >= 11 is 0. The van der Waals surface area contributed by atoms with Crippen LogP contribution in [0.2, 0.25) is 0 Å². The number of rotatable bonds is 4. The number of ether oxygens (including phenoxy) is 2. The average Bonchev–Trinajstić information content (AvgIpc) is 3.24. The van der Waals surface area contributed by atoms with Crippen molar-refractivity contribution in [2.24, 2.45) is 0 Å². The lowest BCUT2D eigenvalue weighted by Crippen LogP contribution is -2.35. The topological polar surface area (TPSA) is 65.4 Å². The Bertz CT molecular complexity index is 1010. The lowest BCUT2D eigenvalue weighted by Gasteiger charge is -2.27. The third-order valence-electron chi connectivity index (χ3n) is 5.07. The molecule has 6 nitrogen and oxygen atoms in total. The van der Waals surface area contributed by atoms with Crippen molar-refractivity contribution >= 4 is 11.6 Å². The van der Waals surface area contributed by atoms with Gasteiger partial charge in [-0.25, -0.2) is 4.68 Å². The lowest BCUT2D eigenvalue weighted by molar-refractivity contribution is -0.120. The van der Waals surface area contributed by atoms with Gasteiger partial charge in [-0.1, -0.05) is 12.1 Å². The predicted octanol–water partition coefficient (Wildman–Crippen LogP) is 3.87. The molecule has 1 amide bonds. The second-order valence-electron chi connectivity index (χ2n) is 7.39. The molecule has 2 aromatic carbocycles. The van der Waals surface area contributed by atoms with Gasteiger partial charge in [-0.05, 0) is 62.2 Å². The van der Waals surface area contributed by atoms with Crippen LogP contribution in [0.25, 0.3) is 5.69 Å². The number of benzene rings is 2. The number of aromatic nitrogens is 2. The summed E-state index contributed by atoms with van der Waals surface area (Å²) in [6, 6.07) is 13.4. The Morgan fingerprint density at radius 3 is 2.64 bits per heavy atom. The van der Waals surface area contributed by atoms with E-state index in [-0.39, 0.29) is 5.91 Å². The quantitative estimate of drug-likeness (QED) is 0.750. The maximum atomic E-state index is 13.1. The van der Waals surface area contributed by atoms with Gasteiger partial charge < -0.3 is 14.8 Å². The van der Waals surface area contributed by atoms with Gasteiger partial charge in [0.15, 0.2) is 11.5 Å². The Morgan fingerprint density at radius 2 is 1.89 bits per heavy atom. The van der Waals surface area contributed by atoms with E-state index in [0.717, 1.165) is 22.5 Å². The Balaban J connectivity index is 1.60. The molecular weight excluding hydrogens is 354 g/mol. The van der Waals surface area contributed by atoms with Crippen LogP contribution in [-0.4, -0.2) is 28.9 Å². The standard InChI is InChI=1S/C22H23N3O3/c1-15-5-7-17(25-10-4-9-23-25)14-18(15)24-21(26)22(2,3)16-6-8-19-20(13-16)28-12-11-27-19/h4-10,13-14H,11-12H2,1-3H3,(H,24,26). The van der Waals surface area contributed by atoms with Crippen LogP contribution in [0.4, 0.5) is 5.69 Å². The molecule has 1 aliphatic rings. The first-order valence-corrected chi connectivity index (χ1v) is 9.27. The number of nitrogens with one attached hydrogen (secondary N) is 1. The monoisotopic (exact) mass is 377 g/mol. The van der Waals surface area contributed by atoms with Crippen LogP contribution in [0.3, 0.4) is 0 Å². The molecule has 0 saturated heterocycles. The van der Waals surface area contributed by atoms with Gasteiger partial charge in [0.2, 0.25) is 5.91 Å². The molecular formula is C22H23N3O3. The molecule has 0 fully saturated rings. The molecule has 0 spiro atoms. The molecule has 3 aromatic rings. The molecule has 0 atom stereocenters. The summed E-state index contributed by atoms with van der Waals surface area (Å²) in [4.78, 5) is 13.1. The molecule has 6 heteroatoms. The van der Waals surface area contributed by atoms with Gasteiger partial charge in [-0.3, -0.25) is 4.79 Å². The minimum Gasteiger partial charge on any atom is -0.486 e. The van der Waals surface area contributed by atoms with Crippen molar-refractivity contribution in [2.45, 2.75) is 26.2 Å². The van der Waals surface area contributed by atoms with Crippen molar-refractivity contribution in [1.82, 2.24) is 9.78 Å². The molecule has 1 aromatic heterocycles. The third kappa shape index (κ3) is 3.33. The van der Waals surface area contributed by atoms with Gasteiger partial charge in [0.05, 0.1) is 11.1 Å². The maximum Gasteiger partial charge on any atom is 0.234 e. The zero-order valence-electron chi connectivity index (χ0n) is 16.2. The molecule has 1 N–H and O–H groups in total. The third-order valence-corrected chi connectivity index (χ3v) is 5.07. The van der Waals surface area contributed by atoms with Crippen LogP contribution in [0, 0.1) is 6.92 Å². The summed E-state index contributed by atoms with van der Waals surface area (Å²) in [5, 5.41) is 7.33. The lowest BCUT2D eigenvalue weighted by atomic mass is 9.83. The first kappa shape index (κ1) is 18.1. The van der Waals surface area contributed by atoms with E-state index in [4.69, 9.17) is 9.47 Å². The molecule has 0 saturated carbocycles. The summed E-state index contributed by atoms with van der Waals surface area (Å²) in [5.74, 6) is 1.31. The van der Waals surface area contributed by atoms with Gasteiger partial charge >= 0.3 is 0 Å². The van der Waals surface area contributed by atoms with Crippen molar-refractivity contribution in [3.63, 3.8) is 0 Å². The second-order valence-corrected chi connectivity index (χ2v) is 7.39. The zero-order chi connectivity index (χ0) is 19.7. The normalized spacial score (nSPS) is 13.2. The van der Waals surface area contributed by atoms with Crippen LogP contribution < -0.4 is 14.8 Å². The Labute approximate surface area is 164 Å². The Morgan fingerprint density at radius 1 is 1.11 bits per heavy atom. The van der Waals surface area contributed by atoms with Crippen molar-refractivity contribution in [1.29, 1.82) is 0 Å². The van der Waals surface area contributed by atoms with Crippen LogP contribution in [0.5, 0.6) is 11.5 Å². The summed E-state index contributed by atoms with van der Waals surface area (Å²) in [6.45, 7) is 6.84. The minimum atomic E-state index is -0.746. The molecule has 0 bridgehead atoms. The van der Waals surface area contributed by atoms with Gasteiger partial charge in [0.1, 0.15) is 13.2 Å². The van der Waals surface area contributed by atoms with E-state index in [2.05, 4.69) is 10.4 Å². The fourth-order valence-electron chi connectivity index (χ4n) is 3.15. The van der Waals surface area contributed by atoms with E-state index in [9.17, 15) is 4.79 Å². The largest absolute Gasteiger partial charge is 0.486 e. The van der Waals surface area contributed by atoms with Crippen molar-refractivity contribution < 1.29 is 14.3 Å². The molecule has 2 heterocycles. The van der Waals surface area contributed by atoms with Gasteiger partial charge in [-0.2, -0.15) is 5.10 Å². The molecule has 0 radical (unpaired) electrons. The number of anilines is 1. The van der Waals surface area contributed by atoms with Gasteiger partial charge in [0, 0.05) is 18.1 Å². The summed E-state index contributed by atoms with van der Waals surface area (Å²) < 4.78 is 13.0. The van der Waals surface area contributed by atoms with Crippen LogP contribution in [0.15, 0.2) is 54.9 Å². The number of fused-ring (bicyclic) bond motifs is 1. The maximum absolute atomic E-state index is 13.1. The predicted molar refractivity (Wildman–Crippen MR) is 107 cm³/mol. The van der Waals surface area contributed by atoms with Crippen LogP contribution in [0.1, 0.15) is 25.0 Å². The molecule has 28 heavy (non-hydrogen) atoms. The minimum absolute atomic E-state index is 0.0927. The highest BCUT2D eigenvalue weighted by Crippen LogP contribution is 2.36. The number of aryl methyl sites for hydroxylation is 1. The zero-order valence-corrected chi connectivity index (χ0v) is 16.2. The number of hydrogen-bond donors (Lipinski definition) is 1. The SMILES string of the molecule is Cc1ccc(-n2cccn2)cc1NC(=O)C(C)(C)c1ccc2c(c1)OCCO2. The fourth-order valence-corrected chi connectivity index (χ4v) is 3.15. The van der Waals surface area contributed by atoms with Crippen molar-refractivity contribution in [2.75, 3.05) is 18.5 Å². The first-order chi connectivity index (χ1) is 13.4. The fraction of sp³-hybridized carbons (Fsp3) is 0.273. The van der Waals surface area contributed by atoms with E-state index < -0.39 is 5.41 Å². The van der Waals surface area contributed by atoms with Crippen molar-refractivity contribution in [3.05, 3.63) is 66.0 Å². The number of carbonyl (C=O) groups excluding carboxylic acids is 1. The Kier molecular flexibility index (Phi) is 4.55. The van der Waals surface area contributed by atoms with Crippen molar-refractivity contribution in [3.8, 4) is 17.2 Å². The molecule has 4 rings (SSSR count). The van der Waals surface area contributed by atoms with Gasteiger partial charge in [0.25, 0.3) is 0 Å². The number of amides is 1. The number of nitrogens with zero attached hydrogens (tertiary/aromatic N) is 2. The summed E-state index contributed by atoms with van der Waals surface area (Å²) in [7, 11) is 0. The van der Waals surface area contributed by atoms with E-state index in [1.807, 2.05) is 69.4 Å². The van der Waals surface area contributed by atoms with Crippen LogP contribution >= 0.6 is 0 Å². The molecule has 0 aliphatic carbocycles. The number of hydrogen-bond acceptors (Lipinski definition) is 4. The summed E-state index contributed by atoms with van der Waals surface area (Å²) in [5.41, 5.74) is 2.77. The second kappa shape index (κ2) is 7.03. The van der Waals surface area contributed by atoms with E-state index in [0.29, 0.717) is 24.7 Å². The van der Waals surface area contributed by atoms with E-state index in [1.54, 1.807) is 10.9 Å². The number of carbonyl (C=O) groups is 1. The van der Waals surface area contributed by atoms with Gasteiger partial charge in [-0.15, -0.1) is 0 Å². The molecule has 1 aliphatic heterocycles. The highest BCUT2D eigenvalue weighted by Gasteiger charge is 2.31. The van der Waals surface area contributed by atoms with E-state index >= 15 is 0 Å². The van der Waals surface area contributed by atoms with E-state index in [1.165, 1.54) is 0 Å². The Hall–Kier alpha value is -3.28. The first-order valence-electron chi connectivity index (χ1n) is 9.27. The molecule has 0 unspecified atom stereocenters. The highest BCUT2D eigenvalue weighted by molar-refractivity contribution is 5.99.